The van der Waals surface area contributed by atoms with Gasteiger partial charge in [0.05, 0.1) is 0 Å². The van der Waals surface area contributed by atoms with Gasteiger partial charge in [-0.05, 0) is 37.1 Å². The van der Waals surface area contributed by atoms with Crippen LogP contribution in [-0.2, 0) is 11.3 Å². The third-order valence-electron chi connectivity index (χ3n) is 2.60. The van der Waals surface area contributed by atoms with Crippen LogP contribution in [0.5, 0.6) is 0 Å². The van der Waals surface area contributed by atoms with Crippen molar-refractivity contribution >= 4 is 17.7 Å². The maximum absolute atomic E-state index is 10.9. The third-order valence-corrected chi connectivity index (χ3v) is 3.97. The fourth-order valence-corrected chi connectivity index (χ4v) is 2.46. The van der Waals surface area contributed by atoms with Crippen molar-refractivity contribution in [2.45, 2.75) is 43.4 Å². The number of carboxylic acids is 1. The smallest absolute Gasteiger partial charge is 0.316 e. The summed E-state index contributed by atoms with van der Waals surface area (Å²) in [7, 11) is 0. The quantitative estimate of drug-likeness (QED) is 0.561. The van der Waals surface area contributed by atoms with E-state index >= 15 is 0 Å². The lowest BCUT2D eigenvalue weighted by atomic mass is 10.2. The molecule has 0 aliphatic heterocycles. The van der Waals surface area contributed by atoms with Crippen LogP contribution in [-0.4, -0.2) is 22.9 Å². The van der Waals surface area contributed by atoms with Gasteiger partial charge in [0.1, 0.15) is 5.25 Å². The highest BCUT2D eigenvalue weighted by atomic mass is 32.2. The van der Waals surface area contributed by atoms with Crippen molar-refractivity contribution in [2.75, 3.05) is 6.54 Å². The van der Waals surface area contributed by atoms with Crippen LogP contribution < -0.4 is 5.32 Å². The summed E-state index contributed by atoms with van der Waals surface area (Å²) in [5, 5.41) is 12.0. The molecule has 0 bridgehead atoms. The summed E-state index contributed by atoms with van der Waals surface area (Å²) in [5.74, 6) is -0.740. The Morgan fingerprint density at radius 3 is 2.50 bits per heavy atom. The molecule has 0 spiro atoms. The van der Waals surface area contributed by atoms with Crippen LogP contribution in [0.4, 0.5) is 0 Å². The van der Waals surface area contributed by atoms with Crippen LogP contribution in [0, 0.1) is 0 Å². The Morgan fingerprint density at radius 2 is 2.00 bits per heavy atom. The number of thioether (sulfide) groups is 1. The molecule has 3 nitrogen and oxygen atoms in total. The van der Waals surface area contributed by atoms with E-state index in [0.717, 1.165) is 24.4 Å². The lowest BCUT2D eigenvalue weighted by Crippen LogP contribution is -2.15. The summed E-state index contributed by atoms with van der Waals surface area (Å²) in [6.45, 7) is 5.93. The Bertz CT molecular complexity index is 365. The van der Waals surface area contributed by atoms with Crippen LogP contribution in [0.15, 0.2) is 29.2 Å². The number of carbonyl (C=O) groups is 1. The van der Waals surface area contributed by atoms with Gasteiger partial charge in [0.15, 0.2) is 0 Å². The first-order valence-electron chi connectivity index (χ1n) is 6.36. The average molecular weight is 267 g/mol. The van der Waals surface area contributed by atoms with E-state index in [0.29, 0.717) is 6.42 Å². The highest BCUT2D eigenvalue weighted by Gasteiger charge is 2.15. The summed E-state index contributed by atoms with van der Waals surface area (Å²) >= 11 is 1.41. The number of benzene rings is 1. The van der Waals surface area contributed by atoms with Crippen LogP contribution >= 0.6 is 11.8 Å². The highest BCUT2D eigenvalue weighted by molar-refractivity contribution is 8.00. The van der Waals surface area contributed by atoms with E-state index in [2.05, 4.69) is 24.4 Å². The van der Waals surface area contributed by atoms with Crippen molar-refractivity contribution in [1.29, 1.82) is 0 Å². The number of rotatable bonds is 8. The molecule has 0 aromatic heterocycles. The average Bonchev–Trinajstić information content (AvgIpc) is 2.37. The predicted octanol–water partition coefficient (Wildman–Crippen LogP) is 3.14. The van der Waals surface area contributed by atoms with Crippen molar-refractivity contribution in [3.63, 3.8) is 0 Å². The molecule has 2 N–H and O–H groups in total. The fourth-order valence-electron chi connectivity index (χ4n) is 1.57. The maximum atomic E-state index is 10.9. The zero-order valence-corrected chi connectivity index (χ0v) is 11.8. The van der Waals surface area contributed by atoms with Gasteiger partial charge in [0, 0.05) is 11.4 Å². The molecule has 0 aliphatic carbocycles. The monoisotopic (exact) mass is 267 g/mol. The predicted molar refractivity (Wildman–Crippen MR) is 76.0 cm³/mol. The molecule has 0 amide bonds. The van der Waals surface area contributed by atoms with Crippen LogP contribution in [0.2, 0.25) is 0 Å². The number of hydrogen-bond donors (Lipinski definition) is 2. The summed E-state index contributed by atoms with van der Waals surface area (Å²) in [5.41, 5.74) is 1.23. The van der Waals surface area contributed by atoms with E-state index < -0.39 is 5.97 Å². The first-order valence-corrected chi connectivity index (χ1v) is 7.24. The third kappa shape index (κ3) is 5.10. The molecule has 1 rings (SSSR count). The Labute approximate surface area is 113 Å². The van der Waals surface area contributed by atoms with E-state index in [4.69, 9.17) is 5.11 Å². The van der Waals surface area contributed by atoms with Crippen molar-refractivity contribution in [2.24, 2.45) is 0 Å². The van der Waals surface area contributed by atoms with Crippen LogP contribution in [0.1, 0.15) is 32.3 Å². The Balaban J connectivity index is 2.51. The van der Waals surface area contributed by atoms with Crippen molar-refractivity contribution < 1.29 is 9.90 Å². The summed E-state index contributed by atoms with van der Waals surface area (Å²) in [6.07, 6.45) is 1.77. The molecule has 1 atom stereocenters. The Kier molecular flexibility index (Phi) is 6.83. The second kappa shape index (κ2) is 8.16. The first kappa shape index (κ1) is 15.1. The van der Waals surface area contributed by atoms with Gasteiger partial charge < -0.3 is 10.4 Å². The first-order chi connectivity index (χ1) is 8.67. The van der Waals surface area contributed by atoms with Crippen LogP contribution in [0.3, 0.4) is 0 Å². The molecule has 0 saturated carbocycles. The van der Waals surface area contributed by atoms with Gasteiger partial charge in [-0.15, -0.1) is 11.8 Å². The molecular formula is C14H21NO2S. The number of hydrogen-bond acceptors (Lipinski definition) is 3. The van der Waals surface area contributed by atoms with Gasteiger partial charge in [0.25, 0.3) is 0 Å². The normalized spacial score (nSPS) is 12.3. The highest BCUT2D eigenvalue weighted by Crippen LogP contribution is 2.25. The summed E-state index contributed by atoms with van der Waals surface area (Å²) in [6, 6.07) is 8.11. The van der Waals surface area contributed by atoms with Crippen molar-refractivity contribution in [3.05, 3.63) is 29.8 Å². The van der Waals surface area contributed by atoms with E-state index in [1.54, 1.807) is 0 Å². The second-order valence-electron chi connectivity index (χ2n) is 4.17. The Morgan fingerprint density at radius 1 is 1.33 bits per heavy atom. The van der Waals surface area contributed by atoms with Gasteiger partial charge in [0.2, 0.25) is 0 Å². The summed E-state index contributed by atoms with van der Waals surface area (Å²) in [4.78, 5) is 12.0. The molecule has 0 radical (unpaired) electrons. The second-order valence-corrected chi connectivity index (χ2v) is 5.45. The molecule has 18 heavy (non-hydrogen) atoms. The molecule has 0 heterocycles. The van der Waals surface area contributed by atoms with Crippen LogP contribution in [0.25, 0.3) is 0 Å². The van der Waals surface area contributed by atoms with Gasteiger partial charge in [-0.3, -0.25) is 4.79 Å². The molecular weight excluding hydrogens is 246 g/mol. The van der Waals surface area contributed by atoms with Gasteiger partial charge >= 0.3 is 5.97 Å². The molecule has 4 heteroatoms. The standard InChI is InChI=1S/C14H21NO2S/c1-3-9-15-10-11-5-7-12(8-6-11)18-13(4-2)14(16)17/h5-8,13,15H,3-4,9-10H2,1-2H3,(H,16,17). The Hall–Kier alpha value is -1.00. The molecule has 100 valence electrons. The van der Waals surface area contributed by atoms with E-state index in [-0.39, 0.29) is 5.25 Å². The minimum atomic E-state index is -0.740. The lowest BCUT2D eigenvalue weighted by molar-refractivity contribution is -0.136. The molecule has 1 aromatic carbocycles. The van der Waals surface area contributed by atoms with E-state index in [9.17, 15) is 4.79 Å². The minimum Gasteiger partial charge on any atom is -0.480 e. The largest absolute Gasteiger partial charge is 0.480 e. The van der Waals surface area contributed by atoms with Crippen molar-refractivity contribution in [3.8, 4) is 0 Å². The minimum absolute atomic E-state index is 0.353. The lowest BCUT2D eigenvalue weighted by Gasteiger charge is -2.10. The molecule has 0 saturated heterocycles. The van der Waals surface area contributed by atoms with Crippen molar-refractivity contribution in [1.82, 2.24) is 5.32 Å². The van der Waals surface area contributed by atoms with E-state index in [1.807, 2.05) is 19.1 Å². The zero-order valence-electron chi connectivity index (χ0n) is 11.0. The summed E-state index contributed by atoms with van der Waals surface area (Å²) < 4.78 is 0. The SMILES string of the molecule is CCCNCc1ccc(SC(CC)C(=O)O)cc1. The zero-order chi connectivity index (χ0) is 13.4. The topological polar surface area (TPSA) is 49.3 Å². The van der Waals surface area contributed by atoms with Gasteiger partial charge in [-0.2, -0.15) is 0 Å². The molecule has 0 aliphatic rings. The number of nitrogens with one attached hydrogen (secondary N) is 1. The molecule has 0 fully saturated rings. The molecule has 1 unspecified atom stereocenters. The number of aliphatic carboxylic acids is 1. The maximum Gasteiger partial charge on any atom is 0.316 e. The van der Waals surface area contributed by atoms with Gasteiger partial charge in [-0.1, -0.05) is 26.0 Å². The fraction of sp³-hybridized carbons (Fsp3) is 0.500. The van der Waals surface area contributed by atoms with E-state index in [1.165, 1.54) is 17.3 Å². The number of carboxylic acid groups (broad SMARTS) is 1. The molecule has 1 aromatic rings. The van der Waals surface area contributed by atoms with Gasteiger partial charge in [-0.25, -0.2) is 0 Å².